The molecule has 0 radical (unpaired) electrons. The van der Waals surface area contributed by atoms with Crippen LogP contribution in [0.1, 0.15) is 5.56 Å². The first-order valence-electron chi connectivity index (χ1n) is 7.22. The maximum Gasteiger partial charge on any atom is 0.178 e. The topological polar surface area (TPSA) is 59.9 Å². The van der Waals surface area contributed by atoms with Gasteiger partial charge in [0.05, 0.1) is 0 Å². The summed E-state index contributed by atoms with van der Waals surface area (Å²) in [7, 11) is -3.60. The van der Waals surface area contributed by atoms with Crippen molar-refractivity contribution < 1.29 is 12.8 Å². The molecule has 3 aromatic rings. The molecule has 24 heavy (non-hydrogen) atoms. The molecule has 0 bridgehead atoms. The van der Waals surface area contributed by atoms with Crippen LogP contribution in [0.2, 0.25) is 0 Å². The second-order valence-electron chi connectivity index (χ2n) is 5.59. The van der Waals surface area contributed by atoms with E-state index in [1.54, 1.807) is 30.9 Å². The number of rotatable bonds is 3. The predicted molar refractivity (Wildman–Crippen MR) is 90.7 cm³/mol. The van der Waals surface area contributed by atoms with Crippen molar-refractivity contribution in [1.82, 2.24) is 9.97 Å². The van der Waals surface area contributed by atoms with Gasteiger partial charge in [0.2, 0.25) is 0 Å². The molecule has 3 rings (SSSR count). The fraction of sp³-hybridized carbons (Fsp3) is 0.111. The van der Waals surface area contributed by atoms with Gasteiger partial charge in [0.15, 0.2) is 9.84 Å². The SMILES string of the molecule is Cc1cncc(-c2ccncc2-c2ccc(S(C)(=O)=O)c(F)c2)c1. The van der Waals surface area contributed by atoms with Crippen molar-refractivity contribution in [2.45, 2.75) is 11.8 Å². The molecule has 4 nitrogen and oxygen atoms in total. The number of pyridine rings is 2. The van der Waals surface area contributed by atoms with E-state index in [1.807, 2.05) is 19.1 Å². The van der Waals surface area contributed by atoms with Crippen LogP contribution in [0.3, 0.4) is 0 Å². The summed E-state index contributed by atoms with van der Waals surface area (Å²) in [5.41, 5.74) is 4.02. The lowest BCUT2D eigenvalue weighted by Crippen LogP contribution is -2.01. The van der Waals surface area contributed by atoms with E-state index in [0.717, 1.165) is 22.9 Å². The number of nitrogens with zero attached hydrogens (tertiary/aromatic N) is 2. The number of hydrogen-bond acceptors (Lipinski definition) is 4. The number of aryl methyl sites for hydroxylation is 1. The number of sulfone groups is 1. The lowest BCUT2D eigenvalue weighted by atomic mass is 9.97. The zero-order chi connectivity index (χ0) is 17.3. The van der Waals surface area contributed by atoms with Gasteiger partial charge in [-0.25, -0.2) is 12.8 Å². The largest absolute Gasteiger partial charge is 0.264 e. The second-order valence-corrected chi connectivity index (χ2v) is 7.57. The van der Waals surface area contributed by atoms with E-state index in [9.17, 15) is 12.8 Å². The summed E-state index contributed by atoms with van der Waals surface area (Å²) in [6.45, 7) is 1.94. The monoisotopic (exact) mass is 342 g/mol. The van der Waals surface area contributed by atoms with E-state index in [0.29, 0.717) is 11.1 Å². The first kappa shape index (κ1) is 16.3. The zero-order valence-electron chi connectivity index (χ0n) is 13.2. The first-order valence-corrected chi connectivity index (χ1v) is 9.11. The molecule has 0 fully saturated rings. The molecule has 2 aromatic heterocycles. The molecule has 122 valence electrons. The molecule has 0 aliphatic rings. The van der Waals surface area contributed by atoms with Gasteiger partial charge < -0.3 is 0 Å². The van der Waals surface area contributed by atoms with Gasteiger partial charge in [-0.05, 0) is 47.9 Å². The van der Waals surface area contributed by atoms with Crippen molar-refractivity contribution in [1.29, 1.82) is 0 Å². The highest BCUT2D eigenvalue weighted by Gasteiger charge is 2.16. The molecule has 0 saturated heterocycles. The fourth-order valence-electron chi connectivity index (χ4n) is 2.55. The van der Waals surface area contributed by atoms with Crippen LogP contribution < -0.4 is 0 Å². The zero-order valence-corrected chi connectivity index (χ0v) is 14.0. The summed E-state index contributed by atoms with van der Waals surface area (Å²) in [6, 6.07) is 7.90. The van der Waals surface area contributed by atoms with Crippen LogP contribution in [0, 0.1) is 12.7 Å². The van der Waals surface area contributed by atoms with Gasteiger partial charge >= 0.3 is 0 Å². The third-order valence-electron chi connectivity index (χ3n) is 3.65. The second kappa shape index (κ2) is 6.13. The van der Waals surface area contributed by atoms with Gasteiger partial charge in [0.25, 0.3) is 0 Å². The molecular formula is C18H15FN2O2S. The molecule has 0 N–H and O–H groups in total. The average molecular weight is 342 g/mol. The van der Waals surface area contributed by atoms with Gasteiger partial charge in [-0.1, -0.05) is 6.07 Å². The molecule has 0 aliphatic carbocycles. The normalized spacial score (nSPS) is 11.5. The Bertz CT molecular complexity index is 1020. The summed E-state index contributed by atoms with van der Waals surface area (Å²) in [6.07, 6.45) is 7.76. The lowest BCUT2D eigenvalue weighted by Gasteiger charge is -2.11. The molecule has 0 spiro atoms. The minimum atomic E-state index is -3.60. The third-order valence-corrected chi connectivity index (χ3v) is 4.78. The van der Waals surface area contributed by atoms with Gasteiger partial charge in [-0.15, -0.1) is 0 Å². The number of benzene rings is 1. The molecule has 0 unspecified atom stereocenters. The van der Waals surface area contributed by atoms with Crippen molar-refractivity contribution in [3.05, 3.63) is 66.5 Å². The van der Waals surface area contributed by atoms with E-state index in [4.69, 9.17) is 0 Å². The van der Waals surface area contributed by atoms with E-state index in [2.05, 4.69) is 9.97 Å². The minimum Gasteiger partial charge on any atom is -0.264 e. The Morgan fingerprint density at radius 3 is 2.38 bits per heavy atom. The first-order chi connectivity index (χ1) is 11.4. The molecule has 2 heterocycles. The van der Waals surface area contributed by atoms with Gasteiger partial charge in [0.1, 0.15) is 10.7 Å². The van der Waals surface area contributed by atoms with Gasteiger partial charge in [-0.2, -0.15) is 0 Å². The van der Waals surface area contributed by atoms with E-state index in [1.165, 1.54) is 12.1 Å². The number of hydrogen-bond donors (Lipinski definition) is 0. The van der Waals surface area contributed by atoms with Crippen LogP contribution in [-0.4, -0.2) is 24.6 Å². The molecule has 0 amide bonds. The maximum atomic E-state index is 14.2. The Kier molecular flexibility index (Phi) is 4.15. The van der Waals surface area contributed by atoms with Crippen LogP contribution in [0.15, 0.2) is 60.0 Å². The fourth-order valence-corrected chi connectivity index (χ4v) is 3.28. The van der Waals surface area contributed by atoms with Crippen LogP contribution >= 0.6 is 0 Å². The van der Waals surface area contributed by atoms with Crippen LogP contribution in [-0.2, 0) is 9.84 Å². The Morgan fingerprint density at radius 2 is 1.71 bits per heavy atom. The maximum absolute atomic E-state index is 14.2. The van der Waals surface area contributed by atoms with Crippen LogP contribution in [0.4, 0.5) is 4.39 Å². The van der Waals surface area contributed by atoms with Crippen molar-refractivity contribution in [2.75, 3.05) is 6.26 Å². The predicted octanol–water partition coefficient (Wildman–Crippen LogP) is 3.66. The highest BCUT2D eigenvalue weighted by atomic mass is 32.2. The molecular weight excluding hydrogens is 327 g/mol. The van der Waals surface area contributed by atoms with Gasteiger partial charge in [-0.3, -0.25) is 9.97 Å². The van der Waals surface area contributed by atoms with Crippen molar-refractivity contribution in [3.8, 4) is 22.3 Å². The Hall–Kier alpha value is -2.60. The Morgan fingerprint density at radius 1 is 0.917 bits per heavy atom. The van der Waals surface area contributed by atoms with Crippen LogP contribution in [0.25, 0.3) is 22.3 Å². The van der Waals surface area contributed by atoms with Crippen LogP contribution in [0.5, 0.6) is 0 Å². The third kappa shape index (κ3) is 3.19. The standard InChI is InChI=1S/C18H15FN2O2S/c1-12-7-14(10-21-9-12)15-5-6-20-11-16(15)13-3-4-18(17(19)8-13)24(2,22)23/h3-11H,1-2H3. The number of aromatic nitrogens is 2. The Balaban J connectivity index is 2.16. The smallest absolute Gasteiger partial charge is 0.178 e. The lowest BCUT2D eigenvalue weighted by molar-refractivity contribution is 0.571. The molecule has 6 heteroatoms. The van der Waals surface area contributed by atoms with Gasteiger partial charge in [0, 0.05) is 42.2 Å². The number of halogens is 1. The molecule has 0 aliphatic heterocycles. The molecule has 1 aromatic carbocycles. The summed E-state index contributed by atoms with van der Waals surface area (Å²) < 4.78 is 37.4. The minimum absolute atomic E-state index is 0.311. The van der Waals surface area contributed by atoms with E-state index in [-0.39, 0.29) is 4.90 Å². The summed E-state index contributed by atoms with van der Waals surface area (Å²) in [5, 5.41) is 0. The van der Waals surface area contributed by atoms with Crippen molar-refractivity contribution in [3.63, 3.8) is 0 Å². The Labute approximate surface area is 140 Å². The molecule has 0 saturated carbocycles. The van der Waals surface area contributed by atoms with Crippen molar-refractivity contribution in [2.24, 2.45) is 0 Å². The van der Waals surface area contributed by atoms with E-state index < -0.39 is 15.7 Å². The average Bonchev–Trinajstić information content (AvgIpc) is 2.53. The summed E-state index contributed by atoms with van der Waals surface area (Å²) in [5.74, 6) is -0.771. The van der Waals surface area contributed by atoms with E-state index >= 15 is 0 Å². The summed E-state index contributed by atoms with van der Waals surface area (Å²) in [4.78, 5) is 7.98. The highest BCUT2D eigenvalue weighted by Crippen LogP contribution is 2.32. The highest BCUT2D eigenvalue weighted by molar-refractivity contribution is 7.90. The van der Waals surface area contributed by atoms with Crippen molar-refractivity contribution >= 4 is 9.84 Å². The summed E-state index contributed by atoms with van der Waals surface area (Å²) >= 11 is 0. The quantitative estimate of drug-likeness (QED) is 0.729. The molecule has 0 atom stereocenters.